The Bertz CT molecular complexity index is 596. The van der Waals surface area contributed by atoms with Crippen LogP contribution in [-0.4, -0.2) is 29.8 Å². The summed E-state index contributed by atoms with van der Waals surface area (Å²) in [5.74, 6) is 0.123. The summed E-state index contributed by atoms with van der Waals surface area (Å²) in [6, 6.07) is 10.5. The number of ketones is 1. The van der Waals surface area contributed by atoms with Crippen LogP contribution in [0.25, 0.3) is 0 Å². The van der Waals surface area contributed by atoms with Crippen molar-refractivity contribution in [3.8, 4) is 0 Å². The van der Waals surface area contributed by atoms with Gasteiger partial charge in [-0.05, 0) is 44.7 Å². The molecule has 0 spiro atoms. The number of aldehydes is 1. The third-order valence-corrected chi connectivity index (χ3v) is 4.57. The van der Waals surface area contributed by atoms with Crippen molar-refractivity contribution in [1.82, 2.24) is 0 Å². The van der Waals surface area contributed by atoms with Gasteiger partial charge in [-0.3, -0.25) is 4.79 Å². The summed E-state index contributed by atoms with van der Waals surface area (Å²) >= 11 is 0. The number of unbranched alkanes of at least 4 members (excludes halogenated alkanes) is 1. The van der Waals surface area contributed by atoms with E-state index in [2.05, 4.69) is 30.3 Å². The van der Waals surface area contributed by atoms with E-state index in [-0.39, 0.29) is 17.6 Å². The highest BCUT2D eigenvalue weighted by Crippen LogP contribution is 2.33. The summed E-state index contributed by atoms with van der Waals surface area (Å²) in [7, 11) is 0. The van der Waals surface area contributed by atoms with Gasteiger partial charge in [-0.15, -0.1) is 0 Å². The Morgan fingerprint density at radius 2 is 1.71 bits per heavy atom. The second kappa shape index (κ2) is 22.6. The van der Waals surface area contributed by atoms with Gasteiger partial charge < -0.3 is 15.6 Å². The maximum absolute atomic E-state index is 12.0. The lowest BCUT2D eigenvalue weighted by Crippen LogP contribution is -2.18. The van der Waals surface area contributed by atoms with Gasteiger partial charge in [0.2, 0.25) is 0 Å². The minimum atomic E-state index is -0.484. The van der Waals surface area contributed by atoms with Crippen molar-refractivity contribution in [3.05, 3.63) is 60.2 Å². The number of carbonyl (C=O) groups excluding carboxylic acids is 2. The highest BCUT2D eigenvalue weighted by atomic mass is 16.3. The van der Waals surface area contributed by atoms with Crippen LogP contribution in [0.3, 0.4) is 0 Å². The average molecular weight is 432 g/mol. The largest absolute Gasteiger partial charge is 0.392 e. The number of allylic oxidation sites excluding steroid dienone is 4. The first-order valence-corrected chi connectivity index (χ1v) is 11.7. The number of aliphatic hydroxyl groups excluding tert-OH is 1. The number of rotatable bonds is 8. The molecule has 4 nitrogen and oxygen atoms in total. The SMILES string of the molecule is C/C=C\C[C@@H]1C(/C=C/CCCc2ccccc2)C(=O)C[C@@H]1O.CC.CCC=O.CCN. The zero-order valence-electron chi connectivity index (χ0n) is 20.3. The molecule has 0 aromatic heterocycles. The first-order chi connectivity index (χ1) is 15.0. The fourth-order valence-corrected chi connectivity index (χ4v) is 3.13. The van der Waals surface area contributed by atoms with Crippen molar-refractivity contribution < 1.29 is 14.7 Å². The van der Waals surface area contributed by atoms with Gasteiger partial charge in [0, 0.05) is 24.7 Å². The standard InChI is InChI=1S/C20H26O2.C3H6O.C2H7N.C2H6/c1-2-3-13-17-18(20(22)15-19(17)21)14-9-5-8-12-16-10-6-4-7-11-16;1-2-3-4;1-2-3;1-2/h2-4,6-7,9-11,14,17-19,21H,5,8,12-13,15H2,1H3;3H,2H2,1H3;2-3H2,1H3;1-2H3/b3-2-,14-9+;;;/t17-,18?,19+;;;/m1.../s1. The number of carbonyl (C=O) groups is 2. The molecule has 1 aliphatic rings. The van der Waals surface area contributed by atoms with Crippen molar-refractivity contribution in [2.75, 3.05) is 6.54 Å². The van der Waals surface area contributed by atoms with Gasteiger partial charge in [-0.25, -0.2) is 0 Å². The average Bonchev–Trinajstić information content (AvgIpc) is 3.07. The van der Waals surface area contributed by atoms with Gasteiger partial charge in [0.1, 0.15) is 12.1 Å². The number of aryl methyl sites for hydroxylation is 1. The topological polar surface area (TPSA) is 80.4 Å². The van der Waals surface area contributed by atoms with E-state index in [0.29, 0.717) is 12.8 Å². The van der Waals surface area contributed by atoms with Crippen molar-refractivity contribution in [3.63, 3.8) is 0 Å². The fourth-order valence-electron chi connectivity index (χ4n) is 3.13. The van der Waals surface area contributed by atoms with E-state index < -0.39 is 6.10 Å². The van der Waals surface area contributed by atoms with Gasteiger partial charge in [0.05, 0.1) is 6.10 Å². The Morgan fingerprint density at radius 1 is 1.13 bits per heavy atom. The van der Waals surface area contributed by atoms with Gasteiger partial charge in [0.15, 0.2) is 0 Å². The predicted molar refractivity (Wildman–Crippen MR) is 133 cm³/mol. The van der Waals surface area contributed by atoms with Gasteiger partial charge in [-0.1, -0.05) is 82.3 Å². The first-order valence-electron chi connectivity index (χ1n) is 11.7. The molecule has 1 fully saturated rings. The monoisotopic (exact) mass is 431 g/mol. The Kier molecular flexibility index (Phi) is 22.7. The number of Topliss-reactive ketones (excluding diaryl/α,β-unsaturated/α-hetero) is 1. The Balaban J connectivity index is 0. The molecule has 3 N–H and O–H groups in total. The molecule has 1 aromatic carbocycles. The zero-order valence-corrected chi connectivity index (χ0v) is 20.3. The van der Waals surface area contributed by atoms with Crippen LogP contribution < -0.4 is 5.73 Å². The first kappa shape index (κ1) is 31.1. The Labute approximate surface area is 190 Å². The van der Waals surface area contributed by atoms with E-state index >= 15 is 0 Å². The number of benzene rings is 1. The van der Waals surface area contributed by atoms with Crippen LogP contribution in [0.15, 0.2) is 54.6 Å². The van der Waals surface area contributed by atoms with E-state index in [0.717, 1.165) is 38.5 Å². The normalized spacial score (nSPS) is 19.7. The minimum absolute atomic E-state index is 0.0501. The van der Waals surface area contributed by atoms with Crippen molar-refractivity contribution in [2.45, 2.75) is 79.2 Å². The van der Waals surface area contributed by atoms with Crippen LogP contribution in [0.5, 0.6) is 0 Å². The predicted octanol–water partition coefficient (Wildman–Crippen LogP) is 5.68. The molecule has 0 aliphatic heterocycles. The summed E-state index contributed by atoms with van der Waals surface area (Å²) in [6.45, 7) is 10.4. The third kappa shape index (κ3) is 15.4. The molecule has 0 saturated heterocycles. The lowest BCUT2D eigenvalue weighted by molar-refractivity contribution is -0.120. The number of hydrogen-bond donors (Lipinski definition) is 2. The molecule has 0 heterocycles. The van der Waals surface area contributed by atoms with Crippen molar-refractivity contribution >= 4 is 12.1 Å². The summed E-state index contributed by atoms with van der Waals surface area (Å²) in [6.07, 6.45) is 13.4. The summed E-state index contributed by atoms with van der Waals surface area (Å²) < 4.78 is 0. The Hall–Kier alpha value is -2.04. The lowest BCUT2D eigenvalue weighted by atomic mass is 9.90. The molecular weight excluding hydrogens is 386 g/mol. The van der Waals surface area contributed by atoms with E-state index in [4.69, 9.17) is 5.73 Å². The third-order valence-electron chi connectivity index (χ3n) is 4.57. The molecular formula is C27H45NO3. The lowest BCUT2D eigenvalue weighted by Gasteiger charge is -2.16. The van der Waals surface area contributed by atoms with Crippen LogP contribution in [0, 0.1) is 11.8 Å². The van der Waals surface area contributed by atoms with Gasteiger partial charge >= 0.3 is 0 Å². The van der Waals surface area contributed by atoms with E-state index in [9.17, 15) is 14.7 Å². The molecule has 1 aromatic rings. The molecule has 176 valence electrons. The summed E-state index contributed by atoms with van der Waals surface area (Å²) in [4.78, 5) is 21.2. The van der Waals surface area contributed by atoms with Crippen LogP contribution in [0.2, 0.25) is 0 Å². The quantitative estimate of drug-likeness (QED) is 0.315. The number of hydrogen-bond acceptors (Lipinski definition) is 4. The van der Waals surface area contributed by atoms with E-state index in [1.54, 1.807) is 0 Å². The maximum Gasteiger partial charge on any atom is 0.142 e. The summed E-state index contributed by atoms with van der Waals surface area (Å²) in [5.41, 5.74) is 6.20. The molecule has 4 heteroatoms. The molecule has 1 aliphatic carbocycles. The molecule has 0 bridgehead atoms. The highest BCUT2D eigenvalue weighted by Gasteiger charge is 2.38. The van der Waals surface area contributed by atoms with Crippen LogP contribution in [0.1, 0.15) is 72.3 Å². The van der Waals surface area contributed by atoms with Gasteiger partial charge in [-0.2, -0.15) is 0 Å². The summed E-state index contributed by atoms with van der Waals surface area (Å²) in [5, 5.41) is 10.0. The zero-order chi connectivity index (χ0) is 23.9. The smallest absolute Gasteiger partial charge is 0.142 e. The molecule has 3 atom stereocenters. The molecule has 1 saturated carbocycles. The minimum Gasteiger partial charge on any atom is -0.392 e. The molecule has 0 radical (unpaired) electrons. The molecule has 1 unspecified atom stereocenters. The second-order valence-electron chi connectivity index (χ2n) is 7.02. The van der Waals surface area contributed by atoms with Crippen LogP contribution in [0.4, 0.5) is 0 Å². The number of nitrogens with two attached hydrogens (primary N) is 1. The van der Waals surface area contributed by atoms with Crippen LogP contribution >= 0.6 is 0 Å². The van der Waals surface area contributed by atoms with Gasteiger partial charge in [0.25, 0.3) is 0 Å². The fraction of sp³-hybridized carbons (Fsp3) is 0.556. The molecule has 0 amide bonds. The Morgan fingerprint density at radius 3 is 2.23 bits per heavy atom. The highest BCUT2D eigenvalue weighted by molar-refractivity contribution is 5.86. The molecule has 2 rings (SSSR count). The van der Waals surface area contributed by atoms with Crippen molar-refractivity contribution in [2.24, 2.45) is 17.6 Å². The van der Waals surface area contributed by atoms with E-state index in [1.165, 1.54) is 5.56 Å². The number of aliphatic hydroxyl groups is 1. The second-order valence-corrected chi connectivity index (χ2v) is 7.02. The van der Waals surface area contributed by atoms with Crippen molar-refractivity contribution in [1.29, 1.82) is 0 Å². The van der Waals surface area contributed by atoms with Crippen LogP contribution in [-0.2, 0) is 16.0 Å². The van der Waals surface area contributed by atoms with E-state index in [1.807, 2.05) is 58.9 Å². The maximum atomic E-state index is 12.0. The molecule has 31 heavy (non-hydrogen) atoms.